The number of carbonyl (C=O) groups excluding carboxylic acids is 1. The molecule has 3 rings (SSSR count). The monoisotopic (exact) mass is 306 g/mol. The zero-order valence-electron chi connectivity index (χ0n) is 13.5. The molecule has 0 unspecified atom stereocenters. The number of nitrogens with one attached hydrogen (secondary N) is 2. The third-order valence-electron chi connectivity index (χ3n) is 4.40. The normalized spacial score (nSPS) is 19.5. The predicted octanol–water partition coefficient (Wildman–Crippen LogP) is 1.33. The van der Waals surface area contributed by atoms with Crippen LogP contribution in [0.3, 0.4) is 0 Å². The standard InChI is InChI=1S/C16H26N4O2/c1-11(2)10-22-12-4-7-20(8-5-12)16(21)15-13-9-17-6-3-14(13)18-19-15/h11-12,17H,3-10H2,1-2H3,(H,18,19). The molecule has 1 aromatic rings. The van der Waals surface area contributed by atoms with E-state index in [-0.39, 0.29) is 5.91 Å². The van der Waals surface area contributed by atoms with Gasteiger partial charge in [0.25, 0.3) is 5.91 Å². The van der Waals surface area contributed by atoms with Crippen LogP contribution in [0, 0.1) is 5.92 Å². The summed E-state index contributed by atoms with van der Waals surface area (Å²) in [6.45, 7) is 8.33. The Morgan fingerprint density at radius 3 is 2.91 bits per heavy atom. The number of hydrogen-bond acceptors (Lipinski definition) is 4. The zero-order chi connectivity index (χ0) is 15.5. The Bertz CT molecular complexity index is 518. The van der Waals surface area contributed by atoms with Gasteiger partial charge in [0.2, 0.25) is 0 Å². The van der Waals surface area contributed by atoms with Crippen LogP contribution in [0.25, 0.3) is 0 Å². The van der Waals surface area contributed by atoms with Crippen molar-refractivity contribution in [3.8, 4) is 0 Å². The highest BCUT2D eigenvalue weighted by Crippen LogP contribution is 2.20. The van der Waals surface area contributed by atoms with E-state index in [1.165, 1.54) is 0 Å². The molecule has 0 spiro atoms. The summed E-state index contributed by atoms with van der Waals surface area (Å²) >= 11 is 0. The van der Waals surface area contributed by atoms with E-state index in [0.717, 1.165) is 63.3 Å². The first-order valence-corrected chi connectivity index (χ1v) is 8.33. The number of aromatic nitrogens is 2. The van der Waals surface area contributed by atoms with Crippen molar-refractivity contribution in [3.63, 3.8) is 0 Å². The van der Waals surface area contributed by atoms with Crippen molar-refractivity contribution in [1.82, 2.24) is 20.4 Å². The van der Waals surface area contributed by atoms with Gasteiger partial charge < -0.3 is 15.0 Å². The number of ether oxygens (including phenoxy) is 1. The van der Waals surface area contributed by atoms with Crippen molar-refractivity contribution in [2.45, 2.75) is 45.8 Å². The van der Waals surface area contributed by atoms with E-state index in [0.29, 0.717) is 17.7 Å². The summed E-state index contributed by atoms with van der Waals surface area (Å²) in [4.78, 5) is 14.6. The lowest BCUT2D eigenvalue weighted by Gasteiger charge is -2.32. The maximum Gasteiger partial charge on any atom is 0.274 e. The lowest BCUT2D eigenvalue weighted by molar-refractivity contribution is -0.00245. The van der Waals surface area contributed by atoms with E-state index < -0.39 is 0 Å². The van der Waals surface area contributed by atoms with E-state index in [1.54, 1.807) is 0 Å². The second-order valence-corrected chi connectivity index (χ2v) is 6.67. The predicted molar refractivity (Wildman–Crippen MR) is 83.7 cm³/mol. The first-order valence-electron chi connectivity index (χ1n) is 8.33. The molecule has 2 N–H and O–H groups in total. The molecular formula is C16H26N4O2. The van der Waals surface area contributed by atoms with E-state index in [4.69, 9.17) is 4.74 Å². The number of aromatic amines is 1. The number of nitrogens with zero attached hydrogens (tertiary/aromatic N) is 2. The van der Waals surface area contributed by atoms with Crippen LogP contribution in [0.4, 0.5) is 0 Å². The van der Waals surface area contributed by atoms with Crippen molar-refractivity contribution in [2.75, 3.05) is 26.2 Å². The highest BCUT2D eigenvalue weighted by molar-refractivity contribution is 5.94. The molecule has 0 bridgehead atoms. The fraction of sp³-hybridized carbons (Fsp3) is 0.750. The Morgan fingerprint density at radius 2 is 2.18 bits per heavy atom. The van der Waals surface area contributed by atoms with Gasteiger partial charge in [-0.15, -0.1) is 0 Å². The van der Waals surface area contributed by atoms with E-state index >= 15 is 0 Å². The number of rotatable bonds is 4. The van der Waals surface area contributed by atoms with Gasteiger partial charge in [0.15, 0.2) is 5.69 Å². The van der Waals surface area contributed by atoms with Crippen molar-refractivity contribution in [2.24, 2.45) is 5.92 Å². The number of hydrogen-bond donors (Lipinski definition) is 2. The van der Waals surface area contributed by atoms with Crippen LogP contribution in [-0.2, 0) is 17.7 Å². The second kappa shape index (κ2) is 6.79. The van der Waals surface area contributed by atoms with Gasteiger partial charge in [-0.05, 0) is 18.8 Å². The Labute approximate surface area is 131 Å². The van der Waals surface area contributed by atoms with Crippen LogP contribution in [0.2, 0.25) is 0 Å². The summed E-state index contributed by atoms with van der Waals surface area (Å²) < 4.78 is 5.88. The summed E-state index contributed by atoms with van der Waals surface area (Å²) in [5.74, 6) is 0.617. The summed E-state index contributed by atoms with van der Waals surface area (Å²) in [5, 5.41) is 10.6. The number of H-pyrrole nitrogens is 1. The second-order valence-electron chi connectivity index (χ2n) is 6.67. The molecule has 0 saturated carbocycles. The lowest BCUT2D eigenvalue weighted by Crippen LogP contribution is -2.41. The molecule has 1 aromatic heterocycles. The SMILES string of the molecule is CC(C)COC1CCN(C(=O)c2n[nH]c3c2CNCC3)CC1. The minimum Gasteiger partial charge on any atom is -0.378 e. The van der Waals surface area contributed by atoms with Crippen molar-refractivity contribution >= 4 is 5.91 Å². The molecule has 6 nitrogen and oxygen atoms in total. The quantitative estimate of drug-likeness (QED) is 0.880. The molecular weight excluding hydrogens is 280 g/mol. The minimum absolute atomic E-state index is 0.0588. The fourth-order valence-electron chi connectivity index (χ4n) is 3.11. The van der Waals surface area contributed by atoms with Gasteiger partial charge >= 0.3 is 0 Å². The van der Waals surface area contributed by atoms with Crippen LogP contribution in [-0.4, -0.2) is 53.3 Å². The van der Waals surface area contributed by atoms with E-state index in [1.807, 2.05) is 4.90 Å². The zero-order valence-corrected chi connectivity index (χ0v) is 13.5. The van der Waals surface area contributed by atoms with Crippen molar-refractivity contribution in [1.29, 1.82) is 0 Å². The average Bonchev–Trinajstić information content (AvgIpc) is 2.97. The lowest BCUT2D eigenvalue weighted by atomic mass is 10.0. The van der Waals surface area contributed by atoms with Crippen LogP contribution in [0.5, 0.6) is 0 Å². The highest BCUT2D eigenvalue weighted by Gasteiger charge is 2.28. The number of carbonyl (C=O) groups is 1. The minimum atomic E-state index is 0.0588. The van der Waals surface area contributed by atoms with Gasteiger partial charge in [-0.25, -0.2) is 0 Å². The molecule has 6 heteroatoms. The molecule has 1 fully saturated rings. The molecule has 0 aliphatic carbocycles. The largest absolute Gasteiger partial charge is 0.378 e. The topological polar surface area (TPSA) is 70.2 Å². The Morgan fingerprint density at radius 1 is 1.41 bits per heavy atom. The first kappa shape index (κ1) is 15.5. The van der Waals surface area contributed by atoms with Gasteiger partial charge in [-0.3, -0.25) is 9.89 Å². The highest BCUT2D eigenvalue weighted by atomic mass is 16.5. The smallest absolute Gasteiger partial charge is 0.274 e. The number of piperidine rings is 1. The number of fused-ring (bicyclic) bond motifs is 1. The molecule has 0 radical (unpaired) electrons. The van der Waals surface area contributed by atoms with Crippen LogP contribution < -0.4 is 5.32 Å². The molecule has 122 valence electrons. The van der Waals surface area contributed by atoms with Crippen LogP contribution in [0.1, 0.15) is 48.4 Å². The Hall–Kier alpha value is -1.40. The van der Waals surface area contributed by atoms with E-state index in [9.17, 15) is 4.79 Å². The molecule has 3 heterocycles. The fourth-order valence-corrected chi connectivity index (χ4v) is 3.11. The summed E-state index contributed by atoms with van der Waals surface area (Å²) in [7, 11) is 0. The number of amides is 1. The summed E-state index contributed by atoms with van der Waals surface area (Å²) in [5.41, 5.74) is 2.76. The van der Waals surface area contributed by atoms with Crippen molar-refractivity contribution < 1.29 is 9.53 Å². The molecule has 0 atom stereocenters. The van der Waals surface area contributed by atoms with Gasteiger partial charge in [0.1, 0.15) is 0 Å². The first-order chi connectivity index (χ1) is 10.6. The van der Waals surface area contributed by atoms with E-state index in [2.05, 4.69) is 29.4 Å². The Balaban J connectivity index is 1.57. The molecule has 2 aliphatic heterocycles. The Kier molecular flexibility index (Phi) is 4.78. The molecule has 1 saturated heterocycles. The molecule has 22 heavy (non-hydrogen) atoms. The molecule has 0 aromatic carbocycles. The van der Waals surface area contributed by atoms with Crippen LogP contribution in [0.15, 0.2) is 0 Å². The summed E-state index contributed by atoms with van der Waals surface area (Å²) in [6.07, 6.45) is 3.05. The van der Waals surface area contributed by atoms with Gasteiger partial charge in [-0.2, -0.15) is 5.10 Å². The number of likely N-dealkylation sites (tertiary alicyclic amines) is 1. The maximum absolute atomic E-state index is 12.7. The average molecular weight is 306 g/mol. The third-order valence-corrected chi connectivity index (χ3v) is 4.40. The van der Waals surface area contributed by atoms with Gasteiger partial charge in [-0.1, -0.05) is 13.8 Å². The molecule has 1 amide bonds. The van der Waals surface area contributed by atoms with Crippen molar-refractivity contribution in [3.05, 3.63) is 17.0 Å². The third kappa shape index (κ3) is 3.33. The van der Waals surface area contributed by atoms with Gasteiger partial charge in [0, 0.05) is 50.5 Å². The maximum atomic E-state index is 12.7. The van der Waals surface area contributed by atoms with Gasteiger partial charge in [0.05, 0.1) is 6.10 Å². The molecule has 2 aliphatic rings. The summed E-state index contributed by atoms with van der Waals surface area (Å²) in [6, 6.07) is 0. The van der Waals surface area contributed by atoms with Crippen LogP contribution >= 0.6 is 0 Å².